The Kier molecular flexibility index (Phi) is 3.38. The number of aromatic amines is 1. The zero-order valence-corrected chi connectivity index (χ0v) is 12.8. The Morgan fingerprint density at radius 2 is 2.23 bits per heavy atom. The lowest BCUT2D eigenvalue weighted by Gasteiger charge is -2.00. The molecule has 0 aliphatic heterocycles. The van der Waals surface area contributed by atoms with Crippen molar-refractivity contribution in [3.8, 4) is 0 Å². The van der Waals surface area contributed by atoms with Crippen molar-refractivity contribution in [2.45, 2.75) is 25.2 Å². The van der Waals surface area contributed by atoms with Gasteiger partial charge in [0.1, 0.15) is 5.69 Å². The van der Waals surface area contributed by atoms with Crippen LogP contribution in [-0.4, -0.2) is 27.6 Å². The summed E-state index contributed by atoms with van der Waals surface area (Å²) in [6, 6.07) is 9.95. The molecule has 0 unspecified atom stereocenters. The Hall–Kier alpha value is -2.21. The minimum atomic E-state index is -0.121. The van der Waals surface area contributed by atoms with E-state index in [0.29, 0.717) is 18.2 Å². The van der Waals surface area contributed by atoms with Crippen molar-refractivity contribution in [3.05, 3.63) is 46.7 Å². The van der Waals surface area contributed by atoms with Gasteiger partial charge >= 0.3 is 0 Å². The van der Waals surface area contributed by atoms with E-state index < -0.39 is 0 Å². The third-order valence-corrected chi connectivity index (χ3v) is 4.91. The highest BCUT2D eigenvalue weighted by Crippen LogP contribution is 2.38. The van der Waals surface area contributed by atoms with E-state index in [0.717, 1.165) is 22.6 Å². The van der Waals surface area contributed by atoms with Gasteiger partial charge in [0.25, 0.3) is 5.91 Å². The molecule has 1 saturated carbocycles. The second-order valence-corrected chi connectivity index (χ2v) is 6.68. The van der Waals surface area contributed by atoms with E-state index >= 15 is 0 Å². The van der Waals surface area contributed by atoms with Gasteiger partial charge in [-0.3, -0.25) is 9.89 Å². The first-order valence-electron chi connectivity index (χ1n) is 7.47. The summed E-state index contributed by atoms with van der Waals surface area (Å²) in [6.45, 7) is 0.574. The first-order chi connectivity index (χ1) is 10.8. The number of fused-ring (bicyclic) bond motifs is 1. The zero-order valence-electron chi connectivity index (χ0n) is 12.0. The SMILES string of the molecule is O=C(NCCc1nc2ccccc2s1)c1cc(C2CC2)[nH]n1. The van der Waals surface area contributed by atoms with Crippen LogP contribution in [0.4, 0.5) is 0 Å². The lowest BCUT2D eigenvalue weighted by Crippen LogP contribution is -2.25. The van der Waals surface area contributed by atoms with Crippen LogP contribution in [-0.2, 0) is 6.42 Å². The monoisotopic (exact) mass is 312 g/mol. The summed E-state index contributed by atoms with van der Waals surface area (Å²) < 4.78 is 1.19. The Morgan fingerprint density at radius 1 is 1.36 bits per heavy atom. The Labute approximate surface area is 131 Å². The summed E-state index contributed by atoms with van der Waals surface area (Å²) in [4.78, 5) is 16.6. The van der Waals surface area contributed by atoms with Crippen molar-refractivity contribution in [3.63, 3.8) is 0 Å². The average molecular weight is 312 g/mol. The molecule has 2 aromatic heterocycles. The van der Waals surface area contributed by atoms with E-state index in [1.165, 1.54) is 17.5 Å². The van der Waals surface area contributed by atoms with Crippen molar-refractivity contribution in [1.29, 1.82) is 0 Å². The Morgan fingerprint density at radius 3 is 3.05 bits per heavy atom. The van der Waals surface area contributed by atoms with Gasteiger partial charge in [-0.05, 0) is 31.0 Å². The molecule has 6 heteroatoms. The van der Waals surface area contributed by atoms with Crippen LogP contribution in [0.25, 0.3) is 10.2 Å². The van der Waals surface area contributed by atoms with Crippen LogP contribution < -0.4 is 5.32 Å². The van der Waals surface area contributed by atoms with Crippen molar-refractivity contribution < 1.29 is 4.79 Å². The maximum absolute atomic E-state index is 12.1. The third-order valence-electron chi connectivity index (χ3n) is 3.81. The van der Waals surface area contributed by atoms with E-state index in [2.05, 4.69) is 26.6 Å². The van der Waals surface area contributed by atoms with Crippen LogP contribution in [0.3, 0.4) is 0 Å². The molecular formula is C16H16N4OS. The lowest BCUT2D eigenvalue weighted by atomic mass is 10.2. The normalized spacial score (nSPS) is 14.4. The smallest absolute Gasteiger partial charge is 0.271 e. The number of hydrogen-bond acceptors (Lipinski definition) is 4. The standard InChI is InChI=1S/C16H16N4OS/c21-16(13-9-12(19-20-13)10-5-6-10)17-8-7-15-18-11-3-1-2-4-14(11)22-15/h1-4,9-10H,5-8H2,(H,17,21)(H,19,20). The summed E-state index contributed by atoms with van der Waals surface area (Å²) >= 11 is 1.68. The van der Waals surface area contributed by atoms with Gasteiger partial charge in [0, 0.05) is 24.6 Å². The summed E-state index contributed by atoms with van der Waals surface area (Å²) in [5, 5.41) is 11.0. The predicted octanol–water partition coefficient (Wildman–Crippen LogP) is 2.87. The quantitative estimate of drug-likeness (QED) is 0.761. The molecule has 0 bridgehead atoms. The van der Waals surface area contributed by atoms with Crippen molar-refractivity contribution in [2.75, 3.05) is 6.54 Å². The third kappa shape index (κ3) is 2.74. The Bertz CT molecular complexity index is 785. The largest absolute Gasteiger partial charge is 0.350 e. The lowest BCUT2D eigenvalue weighted by molar-refractivity contribution is 0.0949. The number of nitrogens with one attached hydrogen (secondary N) is 2. The molecule has 4 rings (SSSR count). The number of carbonyl (C=O) groups is 1. The van der Waals surface area contributed by atoms with Gasteiger partial charge < -0.3 is 5.32 Å². The average Bonchev–Trinajstić information content (AvgIpc) is 3.11. The first kappa shape index (κ1) is 13.5. The molecule has 0 saturated heterocycles. The van der Waals surface area contributed by atoms with Crippen LogP contribution in [0, 0.1) is 0 Å². The second-order valence-electron chi connectivity index (χ2n) is 5.56. The molecule has 1 aromatic carbocycles. The molecule has 1 amide bonds. The summed E-state index contributed by atoms with van der Waals surface area (Å²) in [5.41, 5.74) is 2.58. The molecule has 22 heavy (non-hydrogen) atoms. The van der Waals surface area contributed by atoms with Gasteiger partial charge in [-0.25, -0.2) is 4.98 Å². The summed E-state index contributed by atoms with van der Waals surface area (Å²) in [5.74, 6) is 0.459. The molecule has 2 heterocycles. The number of rotatable bonds is 5. The van der Waals surface area contributed by atoms with E-state index in [4.69, 9.17) is 0 Å². The number of para-hydroxylation sites is 1. The first-order valence-corrected chi connectivity index (χ1v) is 8.29. The van der Waals surface area contributed by atoms with Crippen LogP contribution in [0.15, 0.2) is 30.3 Å². The fourth-order valence-electron chi connectivity index (χ4n) is 2.46. The van der Waals surface area contributed by atoms with Crippen LogP contribution in [0.1, 0.15) is 39.9 Å². The summed E-state index contributed by atoms with van der Waals surface area (Å²) in [6.07, 6.45) is 3.13. The number of thiazole rings is 1. The van der Waals surface area contributed by atoms with Gasteiger partial charge in [-0.15, -0.1) is 11.3 Å². The van der Waals surface area contributed by atoms with Gasteiger partial charge in [-0.1, -0.05) is 12.1 Å². The van der Waals surface area contributed by atoms with Crippen molar-refractivity contribution in [1.82, 2.24) is 20.5 Å². The van der Waals surface area contributed by atoms with E-state index in [-0.39, 0.29) is 5.91 Å². The molecular weight excluding hydrogens is 296 g/mol. The number of nitrogens with zero attached hydrogens (tertiary/aromatic N) is 2. The second kappa shape index (κ2) is 5.53. The molecule has 0 radical (unpaired) electrons. The molecule has 2 N–H and O–H groups in total. The van der Waals surface area contributed by atoms with Crippen molar-refractivity contribution in [2.24, 2.45) is 0 Å². The maximum Gasteiger partial charge on any atom is 0.271 e. The molecule has 1 fully saturated rings. The van der Waals surface area contributed by atoms with E-state index in [9.17, 15) is 4.79 Å². The molecule has 0 atom stereocenters. The fourth-order valence-corrected chi connectivity index (χ4v) is 3.42. The summed E-state index contributed by atoms with van der Waals surface area (Å²) in [7, 11) is 0. The highest BCUT2D eigenvalue weighted by atomic mass is 32.1. The van der Waals surface area contributed by atoms with E-state index in [1.807, 2.05) is 24.3 Å². The topological polar surface area (TPSA) is 70.7 Å². The molecule has 0 spiro atoms. The Balaban J connectivity index is 1.34. The van der Waals surface area contributed by atoms with Crippen molar-refractivity contribution >= 4 is 27.5 Å². The fraction of sp³-hybridized carbons (Fsp3) is 0.312. The predicted molar refractivity (Wildman–Crippen MR) is 86.2 cm³/mol. The molecule has 1 aliphatic rings. The number of benzene rings is 1. The molecule has 112 valence electrons. The van der Waals surface area contributed by atoms with Gasteiger partial charge in [0.05, 0.1) is 15.2 Å². The minimum absolute atomic E-state index is 0.121. The van der Waals surface area contributed by atoms with Gasteiger partial charge in [0.2, 0.25) is 0 Å². The number of H-pyrrole nitrogens is 1. The number of amides is 1. The van der Waals surface area contributed by atoms with E-state index in [1.54, 1.807) is 11.3 Å². The molecule has 5 nitrogen and oxygen atoms in total. The number of hydrogen-bond donors (Lipinski definition) is 2. The van der Waals surface area contributed by atoms with Gasteiger partial charge in [0.15, 0.2) is 0 Å². The zero-order chi connectivity index (χ0) is 14.9. The molecule has 3 aromatic rings. The number of carbonyl (C=O) groups excluding carboxylic acids is 1. The van der Waals surface area contributed by atoms with Crippen LogP contribution >= 0.6 is 11.3 Å². The molecule has 1 aliphatic carbocycles. The van der Waals surface area contributed by atoms with Gasteiger partial charge in [-0.2, -0.15) is 5.10 Å². The highest BCUT2D eigenvalue weighted by Gasteiger charge is 2.26. The van der Waals surface area contributed by atoms with Crippen LogP contribution in [0.2, 0.25) is 0 Å². The highest BCUT2D eigenvalue weighted by molar-refractivity contribution is 7.18. The minimum Gasteiger partial charge on any atom is -0.350 e. The maximum atomic E-state index is 12.1. The number of aromatic nitrogens is 3. The van der Waals surface area contributed by atoms with Crippen LogP contribution in [0.5, 0.6) is 0 Å².